The number of pyridine rings is 1. The zero-order valence-electron chi connectivity index (χ0n) is 22.0. The molecule has 5 atom stereocenters. The molecule has 5 unspecified atom stereocenters. The zero-order valence-corrected chi connectivity index (χ0v) is 23.6. The summed E-state index contributed by atoms with van der Waals surface area (Å²) in [4.78, 5) is 19.1. The Hall–Kier alpha value is -3.70. The molecule has 194 valence electrons. The van der Waals surface area contributed by atoms with Crippen LogP contribution >= 0.6 is 15.9 Å². The van der Waals surface area contributed by atoms with Gasteiger partial charge in [-0.25, -0.2) is 15.0 Å². The lowest BCUT2D eigenvalue weighted by Gasteiger charge is -2.96. The number of hydrogen-bond acceptors (Lipinski definition) is 4. The third-order valence-corrected chi connectivity index (χ3v) is 11.4. The molecule has 1 spiro atoms. The van der Waals surface area contributed by atoms with E-state index in [0.29, 0.717) is 33.7 Å². The minimum absolute atomic E-state index is 0.331. The summed E-state index contributed by atoms with van der Waals surface area (Å²) in [5.41, 5.74) is 7.00. The maximum absolute atomic E-state index is 4.91. The molecule has 0 radical (unpaired) electrons. The third kappa shape index (κ3) is 2.72. The third-order valence-electron chi connectivity index (χ3n) is 10.9. The van der Waals surface area contributed by atoms with Crippen LogP contribution in [0.15, 0.2) is 108 Å². The number of nitrogens with zero attached hydrogens (tertiary/aromatic N) is 4. The average molecular weight is 584 g/mol. The number of benzene rings is 3. The highest BCUT2D eigenvalue weighted by Gasteiger charge is 2.93. The molecule has 0 saturated heterocycles. The van der Waals surface area contributed by atoms with Gasteiger partial charge in [0.15, 0.2) is 17.5 Å². The summed E-state index contributed by atoms with van der Waals surface area (Å²) in [5, 5.41) is 0. The van der Waals surface area contributed by atoms with Gasteiger partial charge < -0.3 is 0 Å². The van der Waals surface area contributed by atoms with Crippen LogP contribution in [0.3, 0.4) is 0 Å². The fourth-order valence-electron chi connectivity index (χ4n) is 9.62. The Morgan fingerprint density at radius 1 is 0.600 bits per heavy atom. The first kappa shape index (κ1) is 23.0. The molecule has 5 heteroatoms. The lowest BCUT2D eigenvalue weighted by Crippen LogP contribution is -2.93. The minimum Gasteiger partial charge on any atom is -0.253 e. The van der Waals surface area contributed by atoms with Crippen molar-refractivity contribution in [2.75, 3.05) is 0 Å². The van der Waals surface area contributed by atoms with Gasteiger partial charge in [0.25, 0.3) is 0 Å². The first-order valence-corrected chi connectivity index (χ1v) is 15.0. The fraction of sp³-hybridized carbons (Fsp3) is 0.257. The van der Waals surface area contributed by atoms with Gasteiger partial charge in [-0.2, -0.15) is 0 Å². The molecule has 0 N–H and O–H groups in total. The van der Waals surface area contributed by atoms with Crippen LogP contribution in [0, 0.1) is 17.3 Å². The normalized spacial score (nSPS) is 30.5. The average Bonchev–Trinajstić information content (AvgIpc) is 2.97. The summed E-state index contributed by atoms with van der Waals surface area (Å²) in [6.07, 6.45) is 7.20. The van der Waals surface area contributed by atoms with E-state index in [1.165, 1.54) is 35.7 Å². The Kier molecular flexibility index (Phi) is 4.58. The minimum atomic E-state index is 0.331. The SMILES string of the molecule is Brc1ccc(C23CC4CC5CC(c6ccc(-c7nc(-c8ccccc8)nc(-c8ccccn8)n7)cc6)(C2)C453)cc1. The van der Waals surface area contributed by atoms with Gasteiger partial charge in [-0.05, 0) is 78.3 Å². The van der Waals surface area contributed by atoms with Gasteiger partial charge in [0.05, 0.1) is 0 Å². The highest BCUT2D eigenvalue weighted by Crippen LogP contribution is 2.97. The maximum atomic E-state index is 4.91. The van der Waals surface area contributed by atoms with Gasteiger partial charge in [0, 0.05) is 32.6 Å². The van der Waals surface area contributed by atoms with Crippen LogP contribution in [0.2, 0.25) is 0 Å². The molecule has 40 heavy (non-hydrogen) atoms. The summed E-state index contributed by atoms with van der Waals surface area (Å²) in [7, 11) is 0. The van der Waals surface area contributed by atoms with Crippen LogP contribution in [0.4, 0.5) is 0 Å². The van der Waals surface area contributed by atoms with E-state index >= 15 is 0 Å². The second-order valence-electron chi connectivity index (χ2n) is 12.2. The van der Waals surface area contributed by atoms with E-state index in [2.05, 4.69) is 69.4 Å². The molecule has 0 amide bonds. The molecule has 2 heterocycles. The smallest absolute Gasteiger partial charge is 0.182 e. The van der Waals surface area contributed by atoms with Crippen molar-refractivity contribution in [1.82, 2.24) is 19.9 Å². The molecular weight excluding hydrogens is 556 g/mol. The van der Waals surface area contributed by atoms with Crippen molar-refractivity contribution in [3.63, 3.8) is 0 Å². The summed E-state index contributed by atoms with van der Waals surface area (Å²) in [6, 6.07) is 34.3. The van der Waals surface area contributed by atoms with Crippen LogP contribution in [-0.4, -0.2) is 19.9 Å². The van der Waals surface area contributed by atoms with Crippen molar-refractivity contribution in [3.05, 3.63) is 119 Å². The fourth-order valence-corrected chi connectivity index (χ4v) is 9.88. The molecular formula is C35H27BrN4. The first-order valence-electron chi connectivity index (χ1n) is 14.2. The summed E-state index contributed by atoms with van der Waals surface area (Å²) < 4.78 is 1.17. The van der Waals surface area contributed by atoms with Gasteiger partial charge in [-0.15, -0.1) is 0 Å². The molecule has 9 rings (SSSR count). The summed E-state index contributed by atoms with van der Waals surface area (Å²) >= 11 is 3.64. The van der Waals surface area contributed by atoms with E-state index in [9.17, 15) is 0 Å². The van der Waals surface area contributed by atoms with Crippen molar-refractivity contribution < 1.29 is 0 Å². The standard InChI is InChI=1S/C35H27BrN4/c36-28-15-13-25(14-16-28)34-20-27-18-26-19-33(21-34,35(26,27)34)24-11-9-23(10-12-24)31-38-30(22-6-2-1-3-7-22)39-32(40-31)29-8-4-5-17-37-29/h1-17,26-27H,18-21H2. The Bertz CT molecular complexity index is 1710. The summed E-state index contributed by atoms with van der Waals surface area (Å²) in [5.74, 6) is 3.73. The molecule has 4 nitrogen and oxygen atoms in total. The van der Waals surface area contributed by atoms with Crippen LogP contribution in [0.1, 0.15) is 36.8 Å². The lowest BCUT2D eigenvalue weighted by atomic mass is 9.07. The largest absolute Gasteiger partial charge is 0.253 e. The van der Waals surface area contributed by atoms with Crippen molar-refractivity contribution >= 4 is 15.9 Å². The predicted molar refractivity (Wildman–Crippen MR) is 159 cm³/mol. The molecule has 4 aliphatic carbocycles. The van der Waals surface area contributed by atoms with Gasteiger partial charge in [-0.3, -0.25) is 4.98 Å². The molecule has 0 aliphatic heterocycles. The lowest BCUT2D eigenvalue weighted by molar-refractivity contribution is -0.412. The zero-order chi connectivity index (χ0) is 26.5. The van der Waals surface area contributed by atoms with E-state index < -0.39 is 0 Å². The molecule has 4 fully saturated rings. The van der Waals surface area contributed by atoms with Crippen LogP contribution < -0.4 is 0 Å². The topological polar surface area (TPSA) is 51.6 Å². The molecule has 2 aromatic heterocycles. The van der Waals surface area contributed by atoms with Crippen molar-refractivity contribution in [2.24, 2.45) is 17.3 Å². The Morgan fingerprint density at radius 3 is 1.77 bits per heavy atom. The van der Waals surface area contributed by atoms with Gasteiger partial charge in [-0.1, -0.05) is 88.7 Å². The van der Waals surface area contributed by atoms with Crippen LogP contribution in [0.25, 0.3) is 34.3 Å². The van der Waals surface area contributed by atoms with E-state index in [0.717, 1.165) is 28.7 Å². The molecule has 3 aromatic carbocycles. The van der Waals surface area contributed by atoms with Crippen LogP contribution in [-0.2, 0) is 10.8 Å². The molecule has 4 saturated carbocycles. The van der Waals surface area contributed by atoms with Gasteiger partial charge in [0.2, 0.25) is 0 Å². The van der Waals surface area contributed by atoms with Crippen LogP contribution in [0.5, 0.6) is 0 Å². The quantitative estimate of drug-likeness (QED) is 0.210. The molecule has 5 aromatic rings. The Labute approximate surface area is 242 Å². The van der Waals surface area contributed by atoms with Crippen molar-refractivity contribution in [2.45, 2.75) is 36.5 Å². The van der Waals surface area contributed by atoms with E-state index in [4.69, 9.17) is 15.0 Å². The highest BCUT2D eigenvalue weighted by atomic mass is 79.9. The molecule has 4 aliphatic rings. The number of aromatic nitrogens is 4. The monoisotopic (exact) mass is 582 g/mol. The summed E-state index contributed by atoms with van der Waals surface area (Å²) in [6.45, 7) is 0. The van der Waals surface area contributed by atoms with E-state index in [1.807, 2.05) is 48.5 Å². The van der Waals surface area contributed by atoms with Crippen molar-refractivity contribution in [3.8, 4) is 34.3 Å². The molecule has 0 bridgehead atoms. The number of rotatable bonds is 5. The second kappa shape index (κ2) is 7.94. The maximum Gasteiger partial charge on any atom is 0.182 e. The van der Waals surface area contributed by atoms with Gasteiger partial charge >= 0.3 is 0 Å². The van der Waals surface area contributed by atoms with Gasteiger partial charge in [0.1, 0.15) is 5.69 Å². The Morgan fingerprint density at radius 2 is 1.18 bits per heavy atom. The van der Waals surface area contributed by atoms with E-state index in [-0.39, 0.29) is 0 Å². The first-order chi connectivity index (χ1) is 19.6. The highest BCUT2D eigenvalue weighted by molar-refractivity contribution is 9.10. The number of halogens is 1. The Balaban J connectivity index is 1.09. The number of hydrogen-bond donors (Lipinski definition) is 0. The van der Waals surface area contributed by atoms with E-state index in [1.54, 1.807) is 11.8 Å². The second-order valence-corrected chi connectivity index (χ2v) is 13.1. The predicted octanol–water partition coefficient (Wildman–Crippen LogP) is 8.04. The van der Waals surface area contributed by atoms with Crippen molar-refractivity contribution in [1.29, 1.82) is 0 Å².